The lowest BCUT2D eigenvalue weighted by atomic mass is 9.68. The Hall–Kier alpha value is -2.38. The Morgan fingerprint density at radius 3 is 2.75 bits per heavy atom. The number of carboxylic acids is 1. The van der Waals surface area contributed by atoms with E-state index in [2.05, 4.69) is 5.32 Å². The molecule has 2 aliphatic rings. The number of aliphatic hydroxyl groups is 1. The van der Waals surface area contributed by atoms with Crippen LogP contribution in [-0.2, 0) is 24.5 Å². The zero-order valence-corrected chi connectivity index (χ0v) is 13.2. The quantitative estimate of drug-likeness (QED) is 0.702. The van der Waals surface area contributed by atoms with Crippen molar-refractivity contribution in [2.24, 2.45) is 0 Å². The Labute approximate surface area is 141 Å². The number of aliphatic hydroxyl groups excluding tert-OH is 1. The molecule has 1 fully saturated rings. The molecule has 1 amide bonds. The van der Waals surface area contributed by atoms with E-state index in [4.69, 9.17) is 21.4 Å². The van der Waals surface area contributed by atoms with Crippen LogP contribution in [0.5, 0.6) is 0 Å². The highest BCUT2D eigenvalue weighted by Gasteiger charge is 2.51. The van der Waals surface area contributed by atoms with Gasteiger partial charge in [0.1, 0.15) is 17.9 Å². The maximum Gasteiger partial charge on any atom is 0.322 e. The number of hydrogen-bond acceptors (Lipinski definition) is 5. The predicted octanol–water partition coefficient (Wildman–Crippen LogP) is 1.05. The van der Waals surface area contributed by atoms with Crippen molar-refractivity contribution in [3.8, 4) is 0 Å². The molecule has 3 N–H and O–H groups in total. The van der Waals surface area contributed by atoms with Crippen LogP contribution in [-0.4, -0.2) is 47.6 Å². The van der Waals surface area contributed by atoms with Gasteiger partial charge in [-0.3, -0.25) is 14.4 Å². The second-order valence-corrected chi connectivity index (χ2v) is 6.14. The van der Waals surface area contributed by atoms with Crippen molar-refractivity contribution in [1.29, 1.82) is 0 Å². The number of halogens is 1. The van der Waals surface area contributed by atoms with Gasteiger partial charge < -0.3 is 20.3 Å². The number of hydrogen-bond donors (Lipinski definition) is 3. The minimum atomic E-state index is -1.26. The average Bonchev–Trinajstić information content (AvgIpc) is 3.02. The van der Waals surface area contributed by atoms with Gasteiger partial charge in [0.05, 0.1) is 12.0 Å². The summed E-state index contributed by atoms with van der Waals surface area (Å²) in [4.78, 5) is 35.9. The number of fused-ring (bicyclic) bond motifs is 2. The number of carboxylic acid groups (broad SMARTS) is 1. The van der Waals surface area contributed by atoms with Crippen molar-refractivity contribution < 1.29 is 29.3 Å². The van der Waals surface area contributed by atoms with Gasteiger partial charge in [-0.15, -0.1) is 0 Å². The number of Topliss-reactive ketones (excluding diaryl/α,β-unsaturated/α-hetero) is 1. The lowest BCUT2D eigenvalue weighted by molar-refractivity contribution is -0.138. The van der Waals surface area contributed by atoms with Gasteiger partial charge in [-0.05, 0) is 24.1 Å². The van der Waals surface area contributed by atoms with E-state index in [9.17, 15) is 19.5 Å². The van der Waals surface area contributed by atoms with Crippen LogP contribution in [0.4, 0.5) is 0 Å². The first-order valence-electron chi connectivity index (χ1n) is 7.23. The summed E-state index contributed by atoms with van der Waals surface area (Å²) in [6.07, 6.45) is 0.365. The fraction of sp³-hybridized carbons (Fsp3) is 0.312. The summed E-state index contributed by atoms with van der Waals surface area (Å²) in [6.45, 7) is -0.225. The van der Waals surface area contributed by atoms with Crippen LogP contribution in [0, 0.1) is 0 Å². The summed E-state index contributed by atoms with van der Waals surface area (Å²) in [7, 11) is 0. The molecule has 1 spiro atoms. The van der Waals surface area contributed by atoms with Crippen LogP contribution in [0.15, 0.2) is 23.8 Å². The van der Waals surface area contributed by atoms with E-state index in [1.165, 1.54) is 6.07 Å². The lowest BCUT2D eigenvalue weighted by Crippen LogP contribution is -2.45. The summed E-state index contributed by atoms with van der Waals surface area (Å²) >= 11 is 5.98. The molecular formula is C16H14ClNO6. The molecule has 1 heterocycles. The number of benzene rings is 1. The van der Waals surface area contributed by atoms with Gasteiger partial charge in [0, 0.05) is 17.2 Å². The summed E-state index contributed by atoms with van der Waals surface area (Å²) in [5.74, 6) is -3.26. The normalized spacial score (nSPS) is 22.6. The van der Waals surface area contributed by atoms with E-state index in [1.807, 2.05) is 0 Å². The van der Waals surface area contributed by atoms with Crippen LogP contribution < -0.4 is 5.32 Å². The Balaban J connectivity index is 2.14. The number of ketones is 1. The van der Waals surface area contributed by atoms with Gasteiger partial charge in [0.15, 0.2) is 5.78 Å². The molecule has 1 aliphatic heterocycles. The number of nitrogens with one attached hydrogen (secondary N) is 1. The van der Waals surface area contributed by atoms with Crippen LogP contribution in [0.2, 0.25) is 5.02 Å². The third kappa shape index (κ3) is 2.46. The lowest BCUT2D eigenvalue weighted by Gasteiger charge is -2.33. The van der Waals surface area contributed by atoms with Crippen molar-refractivity contribution in [1.82, 2.24) is 5.32 Å². The van der Waals surface area contributed by atoms with Gasteiger partial charge in [0.2, 0.25) is 0 Å². The van der Waals surface area contributed by atoms with Crippen molar-refractivity contribution in [3.63, 3.8) is 0 Å². The molecule has 0 radical (unpaired) electrons. The van der Waals surface area contributed by atoms with E-state index in [-0.39, 0.29) is 12.2 Å². The molecule has 0 bridgehead atoms. The minimum absolute atomic E-state index is 0.0868. The van der Waals surface area contributed by atoms with E-state index in [0.29, 0.717) is 23.6 Å². The van der Waals surface area contributed by atoms with Crippen LogP contribution in [0.25, 0.3) is 5.76 Å². The first kappa shape index (κ1) is 16.5. The summed E-state index contributed by atoms with van der Waals surface area (Å²) in [5, 5.41) is 21.6. The Morgan fingerprint density at radius 2 is 2.12 bits per heavy atom. The molecule has 0 saturated carbocycles. The molecule has 3 rings (SSSR count). The molecular weight excluding hydrogens is 338 g/mol. The number of carbonyl (C=O) groups is 3. The SMILES string of the molecule is O=C(O)CNC(=O)C1=C(O)c2cc(Cl)ccc2C2(CCOC2)C1=O. The number of aliphatic carboxylic acids is 1. The molecule has 1 atom stereocenters. The third-order valence-electron chi connectivity index (χ3n) is 4.30. The maximum absolute atomic E-state index is 13.0. The van der Waals surface area contributed by atoms with E-state index in [1.54, 1.807) is 12.1 Å². The molecule has 7 nitrogen and oxygen atoms in total. The molecule has 1 aromatic rings. The second kappa shape index (κ2) is 5.92. The smallest absolute Gasteiger partial charge is 0.322 e. The number of rotatable bonds is 3. The molecule has 8 heteroatoms. The molecule has 1 aliphatic carbocycles. The Bertz CT molecular complexity index is 779. The van der Waals surface area contributed by atoms with Gasteiger partial charge in [0.25, 0.3) is 5.91 Å². The molecule has 1 aromatic carbocycles. The number of ether oxygens (including phenoxy) is 1. The van der Waals surface area contributed by atoms with E-state index >= 15 is 0 Å². The largest absolute Gasteiger partial charge is 0.506 e. The van der Waals surface area contributed by atoms with Gasteiger partial charge in [-0.25, -0.2) is 0 Å². The average molecular weight is 352 g/mol. The maximum atomic E-state index is 13.0. The monoisotopic (exact) mass is 351 g/mol. The highest BCUT2D eigenvalue weighted by Crippen LogP contribution is 2.45. The molecule has 126 valence electrons. The molecule has 1 saturated heterocycles. The van der Waals surface area contributed by atoms with Gasteiger partial charge in [-0.1, -0.05) is 17.7 Å². The van der Waals surface area contributed by atoms with Gasteiger partial charge in [-0.2, -0.15) is 0 Å². The summed E-state index contributed by atoms with van der Waals surface area (Å²) in [6, 6.07) is 4.73. The second-order valence-electron chi connectivity index (χ2n) is 5.70. The molecule has 1 unspecified atom stereocenters. The standard InChI is InChI=1S/C16H14ClNO6/c17-8-1-2-10-9(5-8)13(21)12(15(23)18-6-11(19)20)14(22)16(10)3-4-24-7-16/h1-2,5,21H,3-4,6-7H2,(H,18,23)(H,19,20). The van der Waals surface area contributed by atoms with E-state index < -0.39 is 41.0 Å². The van der Waals surface area contributed by atoms with Crippen molar-refractivity contribution in [2.45, 2.75) is 11.8 Å². The summed E-state index contributed by atoms with van der Waals surface area (Å²) in [5.41, 5.74) is -0.687. The van der Waals surface area contributed by atoms with Crippen LogP contribution in [0.3, 0.4) is 0 Å². The Morgan fingerprint density at radius 1 is 1.38 bits per heavy atom. The molecule has 0 aromatic heterocycles. The fourth-order valence-electron chi connectivity index (χ4n) is 3.14. The van der Waals surface area contributed by atoms with Crippen molar-refractivity contribution in [2.75, 3.05) is 19.8 Å². The Kier molecular flexibility index (Phi) is 4.06. The molecule has 24 heavy (non-hydrogen) atoms. The van der Waals surface area contributed by atoms with Crippen molar-refractivity contribution in [3.05, 3.63) is 39.9 Å². The third-order valence-corrected chi connectivity index (χ3v) is 4.53. The zero-order valence-electron chi connectivity index (χ0n) is 12.5. The highest BCUT2D eigenvalue weighted by atomic mass is 35.5. The topological polar surface area (TPSA) is 113 Å². The number of amides is 1. The van der Waals surface area contributed by atoms with Crippen molar-refractivity contribution >= 4 is 35.0 Å². The zero-order chi connectivity index (χ0) is 17.5. The van der Waals surface area contributed by atoms with Crippen LogP contribution in [0.1, 0.15) is 17.5 Å². The first-order valence-corrected chi connectivity index (χ1v) is 7.61. The highest BCUT2D eigenvalue weighted by molar-refractivity contribution is 6.32. The fourth-order valence-corrected chi connectivity index (χ4v) is 3.32. The van der Waals surface area contributed by atoms with E-state index in [0.717, 1.165) is 0 Å². The van der Waals surface area contributed by atoms with Gasteiger partial charge >= 0.3 is 5.97 Å². The summed E-state index contributed by atoms with van der Waals surface area (Å²) < 4.78 is 5.37. The van der Waals surface area contributed by atoms with Crippen LogP contribution >= 0.6 is 11.6 Å². The predicted molar refractivity (Wildman–Crippen MR) is 83.8 cm³/mol. The number of carbonyl (C=O) groups excluding carboxylic acids is 2. The first-order chi connectivity index (χ1) is 11.4. The minimum Gasteiger partial charge on any atom is -0.506 e.